The van der Waals surface area contributed by atoms with Crippen molar-refractivity contribution in [3.63, 3.8) is 0 Å². The first kappa shape index (κ1) is 15.2. The zero-order valence-corrected chi connectivity index (χ0v) is 12.5. The van der Waals surface area contributed by atoms with Crippen LogP contribution in [-0.4, -0.2) is 23.0 Å². The average Bonchev–Trinajstić information content (AvgIpc) is 2.55. The highest BCUT2D eigenvalue weighted by atomic mass is 16.5. The van der Waals surface area contributed by atoms with Crippen molar-refractivity contribution in [2.24, 2.45) is 0 Å². The fourth-order valence-electron chi connectivity index (χ4n) is 2.10. The fraction of sp³-hybridized carbons (Fsp3) is 0.353. The third-order valence-corrected chi connectivity index (χ3v) is 3.35. The molecule has 0 aliphatic carbocycles. The number of methoxy groups -OCH3 is 1. The molecule has 1 heterocycles. The highest BCUT2D eigenvalue weighted by Gasteiger charge is 2.07. The Morgan fingerprint density at radius 2 is 1.76 bits per heavy atom. The first-order valence-electron chi connectivity index (χ1n) is 7.24. The maximum Gasteiger partial charge on any atom is 0.341 e. The van der Waals surface area contributed by atoms with Gasteiger partial charge in [0.15, 0.2) is 5.82 Å². The Morgan fingerprint density at radius 3 is 2.33 bits per heavy atom. The van der Waals surface area contributed by atoms with Crippen molar-refractivity contribution in [3.05, 3.63) is 47.8 Å². The van der Waals surface area contributed by atoms with Crippen LogP contribution in [0.3, 0.4) is 0 Å². The van der Waals surface area contributed by atoms with Gasteiger partial charge in [-0.15, -0.1) is 0 Å². The lowest BCUT2D eigenvalue weighted by molar-refractivity contribution is 0.0600. The SMILES string of the molecule is CCCCCc1ccc(-c2ncc(C(=O)OC)cn2)cc1. The van der Waals surface area contributed by atoms with E-state index in [1.807, 2.05) is 12.1 Å². The van der Waals surface area contributed by atoms with Gasteiger partial charge in [0.2, 0.25) is 0 Å². The topological polar surface area (TPSA) is 52.1 Å². The lowest BCUT2D eigenvalue weighted by Crippen LogP contribution is -2.03. The first-order valence-corrected chi connectivity index (χ1v) is 7.24. The summed E-state index contributed by atoms with van der Waals surface area (Å²) in [6, 6.07) is 8.27. The summed E-state index contributed by atoms with van der Waals surface area (Å²) in [5, 5.41) is 0. The summed E-state index contributed by atoms with van der Waals surface area (Å²) in [5.74, 6) is 0.190. The number of benzene rings is 1. The zero-order valence-electron chi connectivity index (χ0n) is 12.5. The number of rotatable bonds is 6. The minimum Gasteiger partial charge on any atom is -0.465 e. The number of carbonyl (C=O) groups is 1. The van der Waals surface area contributed by atoms with Gasteiger partial charge in [0.05, 0.1) is 12.7 Å². The Morgan fingerprint density at radius 1 is 1.10 bits per heavy atom. The third-order valence-electron chi connectivity index (χ3n) is 3.35. The van der Waals surface area contributed by atoms with E-state index in [2.05, 4.69) is 33.8 Å². The van der Waals surface area contributed by atoms with Gasteiger partial charge in [0.1, 0.15) is 0 Å². The fourth-order valence-corrected chi connectivity index (χ4v) is 2.10. The summed E-state index contributed by atoms with van der Waals surface area (Å²) in [5.41, 5.74) is 2.64. The summed E-state index contributed by atoms with van der Waals surface area (Å²) in [6.45, 7) is 2.21. The van der Waals surface area contributed by atoms with Crippen LogP contribution in [0.5, 0.6) is 0 Å². The van der Waals surface area contributed by atoms with Crippen LogP contribution < -0.4 is 0 Å². The zero-order chi connectivity index (χ0) is 15.1. The molecule has 2 rings (SSSR count). The van der Waals surface area contributed by atoms with E-state index in [9.17, 15) is 4.79 Å². The largest absolute Gasteiger partial charge is 0.465 e. The number of unbranched alkanes of at least 4 members (excludes halogenated alkanes) is 2. The van der Waals surface area contributed by atoms with Crippen LogP contribution in [0.4, 0.5) is 0 Å². The number of carbonyl (C=O) groups excluding carboxylic acids is 1. The van der Waals surface area contributed by atoms with Crippen molar-refractivity contribution in [1.29, 1.82) is 0 Å². The Balaban J connectivity index is 2.06. The molecule has 0 radical (unpaired) electrons. The molecule has 0 spiro atoms. The smallest absolute Gasteiger partial charge is 0.341 e. The molecule has 4 heteroatoms. The van der Waals surface area contributed by atoms with E-state index in [-0.39, 0.29) is 0 Å². The van der Waals surface area contributed by atoms with Crippen LogP contribution in [0, 0.1) is 0 Å². The molecule has 0 saturated carbocycles. The summed E-state index contributed by atoms with van der Waals surface area (Å²) < 4.78 is 4.63. The summed E-state index contributed by atoms with van der Waals surface area (Å²) in [4.78, 5) is 19.8. The molecule has 1 aromatic carbocycles. The number of ether oxygens (including phenoxy) is 1. The molecule has 110 valence electrons. The van der Waals surface area contributed by atoms with Crippen molar-refractivity contribution in [3.8, 4) is 11.4 Å². The molecular formula is C17H20N2O2. The number of esters is 1. The first-order chi connectivity index (χ1) is 10.2. The molecule has 4 nitrogen and oxygen atoms in total. The van der Waals surface area contributed by atoms with Gasteiger partial charge in [-0.1, -0.05) is 44.0 Å². The molecule has 0 unspecified atom stereocenters. The maximum atomic E-state index is 11.3. The molecule has 0 aliphatic rings. The Hall–Kier alpha value is -2.23. The molecule has 21 heavy (non-hydrogen) atoms. The predicted molar refractivity (Wildman–Crippen MR) is 82.0 cm³/mol. The maximum absolute atomic E-state index is 11.3. The van der Waals surface area contributed by atoms with Crippen LogP contribution >= 0.6 is 0 Å². The van der Waals surface area contributed by atoms with Crippen molar-refractivity contribution < 1.29 is 9.53 Å². The monoisotopic (exact) mass is 284 g/mol. The van der Waals surface area contributed by atoms with Crippen molar-refractivity contribution in [1.82, 2.24) is 9.97 Å². The van der Waals surface area contributed by atoms with Gasteiger partial charge in [-0.25, -0.2) is 14.8 Å². The normalized spacial score (nSPS) is 10.4. The van der Waals surface area contributed by atoms with E-state index in [1.54, 1.807) is 0 Å². The van der Waals surface area contributed by atoms with Crippen molar-refractivity contribution in [2.45, 2.75) is 32.6 Å². The molecule has 0 fully saturated rings. The van der Waals surface area contributed by atoms with E-state index in [4.69, 9.17) is 0 Å². The molecule has 0 atom stereocenters. The van der Waals surface area contributed by atoms with Gasteiger partial charge in [-0.2, -0.15) is 0 Å². The second kappa shape index (κ2) is 7.53. The molecule has 0 bridgehead atoms. The number of aromatic nitrogens is 2. The molecule has 0 amide bonds. The number of hydrogen-bond donors (Lipinski definition) is 0. The van der Waals surface area contributed by atoms with E-state index in [1.165, 1.54) is 44.3 Å². The van der Waals surface area contributed by atoms with Crippen LogP contribution in [0.25, 0.3) is 11.4 Å². The number of hydrogen-bond acceptors (Lipinski definition) is 4. The highest BCUT2D eigenvalue weighted by molar-refractivity contribution is 5.88. The van der Waals surface area contributed by atoms with E-state index < -0.39 is 5.97 Å². The van der Waals surface area contributed by atoms with Gasteiger partial charge >= 0.3 is 5.97 Å². The third kappa shape index (κ3) is 4.12. The van der Waals surface area contributed by atoms with Gasteiger partial charge in [-0.05, 0) is 18.4 Å². The average molecular weight is 284 g/mol. The number of aryl methyl sites for hydroxylation is 1. The standard InChI is InChI=1S/C17H20N2O2/c1-3-4-5-6-13-7-9-14(10-8-13)16-18-11-15(12-19-16)17(20)21-2/h7-12H,3-6H2,1-2H3. The number of nitrogens with zero attached hydrogens (tertiary/aromatic N) is 2. The van der Waals surface area contributed by atoms with Crippen LogP contribution in [-0.2, 0) is 11.2 Å². The predicted octanol–water partition coefficient (Wildman–Crippen LogP) is 3.66. The molecule has 0 aliphatic heterocycles. The van der Waals surface area contributed by atoms with E-state index in [0.717, 1.165) is 12.0 Å². The van der Waals surface area contributed by atoms with E-state index >= 15 is 0 Å². The minimum atomic E-state index is -0.423. The molecular weight excluding hydrogens is 264 g/mol. The summed E-state index contributed by atoms with van der Waals surface area (Å²) in [6.07, 6.45) is 7.81. The second-order valence-electron chi connectivity index (χ2n) is 4.94. The Labute approximate surface area is 125 Å². The summed E-state index contributed by atoms with van der Waals surface area (Å²) >= 11 is 0. The lowest BCUT2D eigenvalue weighted by atomic mass is 10.1. The van der Waals surface area contributed by atoms with Crippen molar-refractivity contribution >= 4 is 5.97 Å². The lowest BCUT2D eigenvalue weighted by Gasteiger charge is -2.04. The van der Waals surface area contributed by atoms with Gasteiger partial charge in [-0.3, -0.25) is 0 Å². The Bertz CT molecular complexity index is 577. The minimum absolute atomic E-state index is 0.359. The van der Waals surface area contributed by atoms with E-state index in [0.29, 0.717) is 11.4 Å². The van der Waals surface area contributed by atoms with Crippen LogP contribution in [0.2, 0.25) is 0 Å². The summed E-state index contributed by atoms with van der Waals surface area (Å²) in [7, 11) is 1.34. The van der Waals surface area contributed by atoms with Crippen LogP contribution in [0.15, 0.2) is 36.7 Å². The van der Waals surface area contributed by atoms with Gasteiger partial charge in [0, 0.05) is 18.0 Å². The molecule has 2 aromatic rings. The van der Waals surface area contributed by atoms with Crippen molar-refractivity contribution in [2.75, 3.05) is 7.11 Å². The quantitative estimate of drug-likeness (QED) is 0.600. The molecule has 0 N–H and O–H groups in total. The van der Waals surface area contributed by atoms with Gasteiger partial charge in [0.25, 0.3) is 0 Å². The van der Waals surface area contributed by atoms with Gasteiger partial charge < -0.3 is 4.74 Å². The van der Waals surface area contributed by atoms with Crippen LogP contribution in [0.1, 0.15) is 42.1 Å². The second-order valence-corrected chi connectivity index (χ2v) is 4.94. The molecule has 0 saturated heterocycles. The molecule has 1 aromatic heterocycles. The Kier molecular flexibility index (Phi) is 5.43. The highest BCUT2D eigenvalue weighted by Crippen LogP contribution is 2.16.